The van der Waals surface area contributed by atoms with E-state index in [1.807, 2.05) is 29.2 Å². The Morgan fingerprint density at radius 3 is 2.79 bits per heavy atom. The molecule has 1 aromatic carbocycles. The number of amides is 2. The molecule has 1 N–H and O–H groups in total. The topological polar surface area (TPSA) is 97.6 Å². The van der Waals surface area contributed by atoms with Crippen molar-refractivity contribution in [2.45, 2.75) is 51.1 Å². The maximum atomic E-state index is 13.0. The number of nitrogens with zero attached hydrogens (tertiary/aromatic N) is 3. The van der Waals surface area contributed by atoms with Crippen molar-refractivity contribution in [2.75, 3.05) is 19.8 Å². The van der Waals surface area contributed by atoms with E-state index in [1.54, 1.807) is 6.92 Å². The van der Waals surface area contributed by atoms with Crippen molar-refractivity contribution < 1.29 is 18.8 Å². The summed E-state index contributed by atoms with van der Waals surface area (Å²) in [6.45, 7) is 3.98. The maximum absolute atomic E-state index is 13.0. The summed E-state index contributed by atoms with van der Waals surface area (Å²) < 4.78 is 10.6. The third-order valence-electron chi connectivity index (χ3n) is 5.77. The standard InChI is InChI=1S/C21H26N4O4/c1-15-23-19(29-24-15)7-4-10-22-18(26)13-21(8-11-28-12-9-21)25-14-16-5-2-3-6-17(16)20(25)27/h2-3,5-6H,4,7-14H2,1H3,(H,22,26). The van der Waals surface area contributed by atoms with Crippen LogP contribution in [-0.2, 0) is 22.5 Å². The third-order valence-corrected chi connectivity index (χ3v) is 5.77. The van der Waals surface area contributed by atoms with Crippen molar-refractivity contribution in [3.63, 3.8) is 0 Å². The average Bonchev–Trinajstić information content (AvgIpc) is 3.30. The summed E-state index contributed by atoms with van der Waals surface area (Å²) in [4.78, 5) is 31.8. The van der Waals surface area contributed by atoms with Crippen molar-refractivity contribution >= 4 is 11.8 Å². The summed E-state index contributed by atoms with van der Waals surface area (Å²) in [5, 5.41) is 6.75. The first kappa shape index (κ1) is 19.6. The lowest BCUT2D eigenvalue weighted by Crippen LogP contribution is -2.54. The first-order valence-electron chi connectivity index (χ1n) is 10.1. The summed E-state index contributed by atoms with van der Waals surface area (Å²) in [6, 6.07) is 7.68. The minimum atomic E-state index is -0.498. The molecule has 0 aliphatic carbocycles. The fraction of sp³-hybridized carbons (Fsp3) is 0.524. The largest absolute Gasteiger partial charge is 0.381 e. The van der Waals surface area contributed by atoms with Crippen LogP contribution in [0.15, 0.2) is 28.8 Å². The first-order valence-corrected chi connectivity index (χ1v) is 10.1. The Kier molecular flexibility index (Phi) is 5.62. The number of aromatic nitrogens is 2. The van der Waals surface area contributed by atoms with Gasteiger partial charge in [0.15, 0.2) is 5.82 Å². The molecule has 2 aromatic rings. The summed E-state index contributed by atoms with van der Waals surface area (Å²) in [5.41, 5.74) is 1.27. The van der Waals surface area contributed by atoms with E-state index in [2.05, 4.69) is 15.5 Å². The Bertz CT molecular complexity index is 888. The van der Waals surface area contributed by atoms with Crippen LogP contribution >= 0.6 is 0 Å². The van der Waals surface area contributed by atoms with E-state index in [9.17, 15) is 9.59 Å². The zero-order valence-electron chi connectivity index (χ0n) is 16.6. The van der Waals surface area contributed by atoms with Gasteiger partial charge < -0.3 is 19.5 Å². The van der Waals surface area contributed by atoms with Gasteiger partial charge in [0.05, 0.1) is 12.0 Å². The van der Waals surface area contributed by atoms with E-state index in [-0.39, 0.29) is 18.2 Å². The van der Waals surface area contributed by atoms with Crippen LogP contribution in [0.3, 0.4) is 0 Å². The lowest BCUT2D eigenvalue weighted by molar-refractivity contribution is -0.125. The Hall–Kier alpha value is -2.74. The second-order valence-corrected chi connectivity index (χ2v) is 7.75. The molecule has 2 amide bonds. The molecule has 3 heterocycles. The molecular weight excluding hydrogens is 372 g/mol. The molecule has 154 valence electrons. The highest BCUT2D eigenvalue weighted by Crippen LogP contribution is 2.37. The quantitative estimate of drug-likeness (QED) is 0.717. The maximum Gasteiger partial charge on any atom is 0.254 e. The number of carbonyl (C=O) groups excluding carboxylic acids is 2. The molecular formula is C21H26N4O4. The van der Waals surface area contributed by atoms with Crippen molar-refractivity contribution in [3.8, 4) is 0 Å². The van der Waals surface area contributed by atoms with E-state index in [0.717, 1.165) is 17.5 Å². The van der Waals surface area contributed by atoms with Crippen molar-refractivity contribution in [2.24, 2.45) is 0 Å². The minimum absolute atomic E-state index is 0.0158. The molecule has 29 heavy (non-hydrogen) atoms. The van der Waals surface area contributed by atoms with Crippen LogP contribution in [0.5, 0.6) is 0 Å². The van der Waals surface area contributed by atoms with Crippen molar-refractivity contribution in [1.29, 1.82) is 0 Å². The van der Waals surface area contributed by atoms with Crippen molar-refractivity contribution in [3.05, 3.63) is 47.1 Å². The Morgan fingerprint density at radius 1 is 1.28 bits per heavy atom. The van der Waals surface area contributed by atoms with Crippen LogP contribution in [0.1, 0.15) is 53.3 Å². The number of hydrogen-bond donors (Lipinski definition) is 1. The molecule has 4 rings (SSSR count). The van der Waals surface area contributed by atoms with E-state index in [1.165, 1.54) is 0 Å². The van der Waals surface area contributed by atoms with Gasteiger partial charge in [0.2, 0.25) is 11.8 Å². The number of nitrogens with one attached hydrogen (secondary N) is 1. The van der Waals surface area contributed by atoms with Crippen molar-refractivity contribution in [1.82, 2.24) is 20.4 Å². The predicted octanol–water partition coefficient (Wildman–Crippen LogP) is 2.02. The van der Waals surface area contributed by atoms with E-state index >= 15 is 0 Å². The Labute approximate surface area is 169 Å². The molecule has 8 heteroatoms. The lowest BCUT2D eigenvalue weighted by Gasteiger charge is -2.44. The van der Waals surface area contributed by atoms with Gasteiger partial charge in [-0.15, -0.1) is 0 Å². The fourth-order valence-corrected chi connectivity index (χ4v) is 4.20. The third kappa shape index (κ3) is 4.17. The van der Waals surface area contributed by atoms with Crippen LogP contribution in [0, 0.1) is 6.92 Å². The molecule has 2 aliphatic rings. The Morgan fingerprint density at radius 2 is 2.07 bits per heavy atom. The van der Waals surface area contributed by atoms with Gasteiger partial charge in [0.25, 0.3) is 5.91 Å². The molecule has 1 fully saturated rings. The molecule has 0 spiro atoms. The zero-order valence-corrected chi connectivity index (χ0v) is 16.6. The summed E-state index contributed by atoms with van der Waals surface area (Å²) in [5.74, 6) is 1.17. The predicted molar refractivity (Wildman–Crippen MR) is 104 cm³/mol. The summed E-state index contributed by atoms with van der Waals surface area (Å²) in [6.07, 6.45) is 2.97. The molecule has 0 unspecified atom stereocenters. The number of fused-ring (bicyclic) bond motifs is 1. The second-order valence-electron chi connectivity index (χ2n) is 7.75. The summed E-state index contributed by atoms with van der Waals surface area (Å²) in [7, 11) is 0. The fourth-order valence-electron chi connectivity index (χ4n) is 4.20. The van der Waals surface area contributed by atoms with Crippen LogP contribution in [0.2, 0.25) is 0 Å². The number of benzene rings is 1. The monoisotopic (exact) mass is 398 g/mol. The van der Waals surface area contributed by atoms with Crippen LogP contribution < -0.4 is 5.32 Å². The van der Waals surface area contributed by atoms with E-state index < -0.39 is 5.54 Å². The number of ether oxygens (including phenoxy) is 1. The molecule has 1 aromatic heterocycles. The molecule has 8 nitrogen and oxygen atoms in total. The van der Waals surface area contributed by atoms with Crippen LogP contribution in [0.4, 0.5) is 0 Å². The molecule has 0 bridgehead atoms. The smallest absolute Gasteiger partial charge is 0.254 e. The van der Waals surface area contributed by atoms with E-state index in [0.29, 0.717) is 57.3 Å². The molecule has 0 atom stereocenters. The number of rotatable bonds is 7. The van der Waals surface area contributed by atoms with Gasteiger partial charge in [-0.05, 0) is 37.8 Å². The van der Waals surface area contributed by atoms with Crippen LogP contribution in [0.25, 0.3) is 0 Å². The van der Waals surface area contributed by atoms with E-state index in [4.69, 9.17) is 9.26 Å². The van der Waals surface area contributed by atoms with Gasteiger partial charge in [-0.3, -0.25) is 9.59 Å². The minimum Gasteiger partial charge on any atom is -0.381 e. The highest BCUT2D eigenvalue weighted by Gasteiger charge is 2.45. The summed E-state index contributed by atoms with van der Waals surface area (Å²) >= 11 is 0. The lowest BCUT2D eigenvalue weighted by atomic mass is 9.84. The number of aryl methyl sites for hydroxylation is 2. The number of hydrogen-bond acceptors (Lipinski definition) is 6. The Balaban J connectivity index is 1.37. The zero-order chi connectivity index (χ0) is 20.3. The van der Waals surface area contributed by atoms with Gasteiger partial charge in [0, 0.05) is 38.3 Å². The highest BCUT2D eigenvalue weighted by atomic mass is 16.5. The SMILES string of the molecule is Cc1noc(CCCNC(=O)CC2(N3Cc4ccccc4C3=O)CCOCC2)n1. The average molecular weight is 398 g/mol. The molecule has 0 radical (unpaired) electrons. The normalized spacial score (nSPS) is 18.0. The van der Waals surface area contributed by atoms with Gasteiger partial charge in [0.1, 0.15) is 0 Å². The second kappa shape index (κ2) is 8.32. The molecule has 2 aliphatic heterocycles. The first-order chi connectivity index (χ1) is 14.1. The van der Waals surface area contributed by atoms with Gasteiger partial charge in [-0.1, -0.05) is 23.4 Å². The highest BCUT2D eigenvalue weighted by molar-refractivity contribution is 5.99. The number of carbonyl (C=O) groups is 2. The van der Waals surface area contributed by atoms with Crippen LogP contribution in [-0.4, -0.2) is 52.2 Å². The van der Waals surface area contributed by atoms with Gasteiger partial charge in [-0.2, -0.15) is 4.98 Å². The van der Waals surface area contributed by atoms with Gasteiger partial charge >= 0.3 is 0 Å². The molecule has 1 saturated heterocycles. The van der Waals surface area contributed by atoms with Gasteiger partial charge in [-0.25, -0.2) is 0 Å². The molecule has 0 saturated carbocycles.